The van der Waals surface area contributed by atoms with Gasteiger partial charge in [0.2, 0.25) is 0 Å². The molecule has 8 heteroatoms. The summed E-state index contributed by atoms with van der Waals surface area (Å²) >= 11 is 5.99. The molecule has 6 nitrogen and oxygen atoms in total. The SMILES string of the molecule is Nc1cc(Cl)c(C(O)C(O)CCNC(=O)OCC2c3ccccc3-c3ccccc32)cc1F. The number of ether oxygens (including phenoxy) is 1. The molecule has 0 saturated heterocycles. The van der Waals surface area contributed by atoms with Gasteiger partial charge in [0.15, 0.2) is 0 Å². The van der Waals surface area contributed by atoms with Crippen molar-refractivity contribution in [2.75, 3.05) is 18.9 Å². The van der Waals surface area contributed by atoms with Crippen molar-refractivity contribution in [3.8, 4) is 11.1 Å². The number of nitrogens with two attached hydrogens (primary N) is 1. The molecule has 1 aliphatic carbocycles. The summed E-state index contributed by atoms with van der Waals surface area (Å²) < 4.78 is 19.1. The minimum absolute atomic E-state index is 0.00763. The summed E-state index contributed by atoms with van der Waals surface area (Å²) in [5.74, 6) is -0.796. The van der Waals surface area contributed by atoms with Crippen molar-refractivity contribution >= 4 is 23.4 Å². The van der Waals surface area contributed by atoms with Crippen molar-refractivity contribution in [2.24, 2.45) is 0 Å². The molecule has 0 aliphatic heterocycles. The summed E-state index contributed by atoms with van der Waals surface area (Å²) in [4.78, 5) is 12.2. The van der Waals surface area contributed by atoms with Gasteiger partial charge < -0.3 is 26.0 Å². The summed E-state index contributed by atoms with van der Waals surface area (Å²) in [5, 5.41) is 23.1. The molecule has 5 N–H and O–H groups in total. The molecule has 3 aromatic carbocycles. The molecule has 0 saturated carbocycles. The Labute approximate surface area is 195 Å². The highest BCUT2D eigenvalue weighted by molar-refractivity contribution is 6.31. The molecule has 1 amide bonds. The maximum Gasteiger partial charge on any atom is 0.407 e. The number of carbonyl (C=O) groups excluding carboxylic acids is 1. The number of hydrogen-bond acceptors (Lipinski definition) is 5. The predicted octanol–water partition coefficient (Wildman–Crippen LogP) is 4.38. The summed E-state index contributed by atoms with van der Waals surface area (Å²) in [6, 6.07) is 18.2. The molecule has 0 radical (unpaired) electrons. The number of halogens is 2. The lowest BCUT2D eigenvalue weighted by Gasteiger charge is -2.20. The number of carbonyl (C=O) groups is 1. The smallest absolute Gasteiger partial charge is 0.407 e. The standard InChI is InChI=1S/C25H24ClFN2O4/c26-20-12-22(28)21(27)11-18(20)24(31)23(30)9-10-29-25(32)33-13-19-16-7-3-1-5-14(16)15-6-2-4-8-17(15)19/h1-8,11-12,19,23-24,30-31H,9-10,13,28H2,(H,29,32). The van der Waals surface area contributed by atoms with Crippen molar-refractivity contribution in [3.05, 3.63) is 88.2 Å². The maximum atomic E-state index is 13.7. The summed E-state index contributed by atoms with van der Waals surface area (Å²) in [6.07, 6.45) is -3.33. The Hall–Kier alpha value is -3.13. The van der Waals surface area contributed by atoms with Crippen LogP contribution >= 0.6 is 11.6 Å². The van der Waals surface area contributed by atoms with Crippen molar-refractivity contribution in [2.45, 2.75) is 24.5 Å². The highest BCUT2D eigenvalue weighted by Crippen LogP contribution is 2.44. The molecule has 3 aromatic rings. The van der Waals surface area contributed by atoms with E-state index in [9.17, 15) is 19.4 Å². The first-order valence-electron chi connectivity index (χ1n) is 10.6. The van der Waals surface area contributed by atoms with E-state index in [2.05, 4.69) is 17.4 Å². The Morgan fingerprint density at radius 3 is 2.33 bits per heavy atom. The highest BCUT2D eigenvalue weighted by Gasteiger charge is 2.29. The quantitative estimate of drug-likeness (QED) is 0.383. The molecular formula is C25H24ClFN2O4. The number of aliphatic hydroxyl groups excluding tert-OH is 2. The number of rotatable bonds is 7. The molecular weight excluding hydrogens is 447 g/mol. The van der Waals surface area contributed by atoms with Crippen molar-refractivity contribution in [1.82, 2.24) is 5.32 Å². The first-order valence-corrected chi connectivity index (χ1v) is 10.9. The van der Waals surface area contributed by atoms with Crippen LogP contribution in [0.5, 0.6) is 0 Å². The molecule has 0 spiro atoms. The van der Waals surface area contributed by atoms with Gasteiger partial charge in [-0.05, 0) is 40.8 Å². The molecule has 2 unspecified atom stereocenters. The third kappa shape index (κ3) is 4.80. The number of fused-ring (bicyclic) bond motifs is 3. The molecule has 0 aromatic heterocycles. The normalized spacial score (nSPS) is 14.3. The van der Waals surface area contributed by atoms with Crippen LogP contribution in [0.2, 0.25) is 5.02 Å². The van der Waals surface area contributed by atoms with Crippen LogP contribution in [0.15, 0.2) is 60.7 Å². The molecule has 2 atom stereocenters. The van der Waals surface area contributed by atoms with E-state index in [1.165, 1.54) is 6.07 Å². The van der Waals surface area contributed by atoms with Crippen LogP contribution in [-0.4, -0.2) is 35.6 Å². The van der Waals surface area contributed by atoms with Gasteiger partial charge in [0.05, 0.1) is 11.8 Å². The van der Waals surface area contributed by atoms with Crippen LogP contribution in [0.4, 0.5) is 14.9 Å². The number of amides is 1. The lowest BCUT2D eigenvalue weighted by Crippen LogP contribution is -2.30. The van der Waals surface area contributed by atoms with Gasteiger partial charge in [0, 0.05) is 23.0 Å². The van der Waals surface area contributed by atoms with E-state index in [1.54, 1.807) is 0 Å². The Balaban J connectivity index is 1.30. The van der Waals surface area contributed by atoms with Crippen LogP contribution in [0.25, 0.3) is 11.1 Å². The third-order valence-electron chi connectivity index (χ3n) is 5.85. The van der Waals surface area contributed by atoms with Gasteiger partial charge in [-0.25, -0.2) is 9.18 Å². The van der Waals surface area contributed by atoms with Gasteiger partial charge in [-0.1, -0.05) is 60.1 Å². The van der Waals surface area contributed by atoms with Crippen LogP contribution in [0, 0.1) is 5.82 Å². The monoisotopic (exact) mass is 470 g/mol. The highest BCUT2D eigenvalue weighted by atomic mass is 35.5. The van der Waals surface area contributed by atoms with Crippen LogP contribution in [-0.2, 0) is 4.74 Å². The minimum atomic E-state index is -1.43. The largest absolute Gasteiger partial charge is 0.449 e. The second-order valence-corrected chi connectivity index (χ2v) is 8.36. The molecule has 0 fully saturated rings. The molecule has 172 valence electrons. The predicted molar refractivity (Wildman–Crippen MR) is 124 cm³/mol. The Morgan fingerprint density at radius 1 is 1.09 bits per heavy atom. The first kappa shape index (κ1) is 23.0. The van der Waals surface area contributed by atoms with Crippen molar-refractivity contribution in [3.63, 3.8) is 0 Å². The van der Waals surface area contributed by atoms with E-state index in [0.717, 1.165) is 28.3 Å². The third-order valence-corrected chi connectivity index (χ3v) is 6.18. The fourth-order valence-electron chi connectivity index (χ4n) is 4.14. The van der Waals surface area contributed by atoms with Crippen LogP contribution in [0.1, 0.15) is 35.1 Å². The fraction of sp³-hybridized carbons (Fsp3) is 0.240. The van der Waals surface area contributed by atoms with E-state index >= 15 is 0 Å². The Morgan fingerprint density at radius 2 is 1.70 bits per heavy atom. The van der Waals surface area contributed by atoms with E-state index in [-0.39, 0.29) is 41.8 Å². The number of alkyl carbamates (subject to hydrolysis) is 1. The number of aliphatic hydroxyl groups is 2. The lowest BCUT2D eigenvalue weighted by molar-refractivity contribution is 0.0136. The zero-order valence-corrected chi connectivity index (χ0v) is 18.4. The van der Waals surface area contributed by atoms with Gasteiger partial charge in [-0.2, -0.15) is 0 Å². The zero-order chi connectivity index (χ0) is 23.5. The molecule has 0 heterocycles. The molecule has 1 aliphatic rings. The molecule has 33 heavy (non-hydrogen) atoms. The number of nitrogen functional groups attached to an aromatic ring is 1. The van der Waals surface area contributed by atoms with E-state index < -0.39 is 24.1 Å². The van der Waals surface area contributed by atoms with Gasteiger partial charge >= 0.3 is 6.09 Å². The van der Waals surface area contributed by atoms with Crippen LogP contribution in [0.3, 0.4) is 0 Å². The lowest BCUT2D eigenvalue weighted by atomic mass is 9.98. The van der Waals surface area contributed by atoms with Crippen LogP contribution < -0.4 is 11.1 Å². The summed E-state index contributed by atoms with van der Waals surface area (Å²) in [7, 11) is 0. The van der Waals surface area contributed by atoms with Gasteiger partial charge in [0.1, 0.15) is 18.5 Å². The van der Waals surface area contributed by atoms with Gasteiger partial charge in [-0.3, -0.25) is 0 Å². The average Bonchev–Trinajstić information content (AvgIpc) is 3.13. The molecule has 4 rings (SSSR count). The van der Waals surface area contributed by atoms with E-state index in [0.29, 0.717) is 0 Å². The second-order valence-electron chi connectivity index (χ2n) is 7.95. The summed E-state index contributed by atoms with van der Waals surface area (Å²) in [6.45, 7) is 0.218. The number of nitrogens with one attached hydrogen (secondary N) is 1. The summed E-state index contributed by atoms with van der Waals surface area (Å²) in [5.41, 5.74) is 9.81. The second kappa shape index (κ2) is 9.79. The topological polar surface area (TPSA) is 105 Å². The van der Waals surface area contributed by atoms with Crippen molar-refractivity contribution < 1.29 is 24.1 Å². The minimum Gasteiger partial charge on any atom is -0.449 e. The van der Waals surface area contributed by atoms with Gasteiger partial charge in [0.25, 0.3) is 0 Å². The van der Waals surface area contributed by atoms with E-state index in [1.807, 2.05) is 36.4 Å². The Kier molecular flexibility index (Phi) is 6.83. The van der Waals surface area contributed by atoms with Gasteiger partial charge in [-0.15, -0.1) is 0 Å². The van der Waals surface area contributed by atoms with E-state index in [4.69, 9.17) is 22.1 Å². The number of anilines is 1. The fourth-order valence-corrected chi connectivity index (χ4v) is 4.42. The Bertz CT molecular complexity index is 1130. The maximum absolute atomic E-state index is 13.7. The number of hydrogen-bond donors (Lipinski definition) is 4. The molecule has 0 bridgehead atoms. The zero-order valence-electron chi connectivity index (χ0n) is 17.7. The van der Waals surface area contributed by atoms with Crippen molar-refractivity contribution in [1.29, 1.82) is 0 Å². The average molecular weight is 471 g/mol. The number of benzene rings is 3. The first-order chi connectivity index (χ1) is 15.9.